The molecule has 4 aromatic carbocycles. The molecule has 0 radical (unpaired) electrons. The number of fused-ring (bicyclic) bond motifs is 1. The van der Waals surface area contributed by atoms with Crippen LogP contribution in [-0.2, 0) is 0 Å². The lowest BCUT2D eigenvalue weighted by Crippen LogP contribution is -2.11. The molecule has 0 aliphatic carbocycles. The molecule has 0 fully saturated rings. The lowest BCUT2D eigenvalue weighted by atomic mass is 10.1. The Morgan fingerprint density at radius 2 is 1.15 bits per heavy atom. The zero-order chi connectivity index (χ0) is 23.4. The Hall–Kier alpha value is -4.12. The van der Waals surface area contributed by atoms with Gasteiger partial charge in [0.05, 0.1) is 22.6 Å². The van der Waals surface area contributed by atoms with E-state index in [9.17, 15) is 9.59 Å². The van der Waals surface area contributed by atoms with Crippen LogP contribution in [0.3, 0.4) is 0 Å². The Kier molecular flexibility index (Phi) is 6.41. The first kappa shape index (κ1) is 22.1. The molecule has 5 heteroatoms. The number of ether oxygens (including phenoxy) is 3. The van der Waals surface area contributed by atoms with E-state index in [0.29, 0.717) is 33.8 Å². The number of carbonyl (C=O) groups is 2. The number of hydrogen-bond acceptors (Lipinski definition) is 5. The van der Waals surface area contributed by atoms with E-state index in [1.165, 1.54) is 0 Å². The van der Waals surface area contributed by atoms with Crippen molar-refractivity contribution < 1.29 is 23.8 Å². The van der Waals surface area contributed by atoms with E-state index in [0.717, 1.165) is 10.9 Å². The van der Waals surface area contributed by atoms with Crippen molar-refractivity contribution in [3.63, 3.8) is 0 Å². The van der Waals surface area contributed by atoms with Crippen molar-refractivity contribution in [1.29, 1.82) is 0 Å². The van der Waals surface area contributed by atoms with E-state index in [2.05, 4.69) is 0 Å². The molecule has 0 amide bonds. The maximum atomic E-state index is 12.8. The molecule has 5 nitrogen and oxygen atoms in total. The second-order valence-electron chi connectivity index (χ2n) is 7.95. The molecular weight excluding hydrogens is 416 g/mol. The molecule has 4 aromatic rings. The smallest absolute Gasteiger partial charge is 0.343 e. The molecule has 0 aliphatic rings. The molecule has 0 atom stereocenters. The van der Waals surface area contributed by atoms with Gasteiger partial charge < -0.3 is 14.2 Å². The summed E-state index contributed by atoms with van der Waals surface area (Å²) in [5, 5.41) is 1.34. The van der Waals surface area contributed by atoms with Gasteiger partial charge in [-0.3, -0.25) is 0 Å². The molecule has 33 heavy (non-hydrogen) atoms. The molecule has 0 unspecified atom stereocenters. The summed E-state index contributed by atoms with van der Waals surface area (Å²) in [6, 6.07) is 24.6. The average Bonchev–Trinajstić information content (AvgIpc) is 2.80. The van der Waals surface area contributed by atoms with Crippen LogP contribution in [-0.4, -0.2) is 18.0 Å². The summed E-state index contributed by atoms with van der Waals surface area (Å²) < 4.78 is 17.0. The number of hydrogen-bond donors (Lipinski definition) is 0. The minimum absolute atomic E-state index is 0.0412. The van der Waals surface area contributed by atoms with Gasteiger partial charge >= 0.3 is 11.9 Å². The Morgan fingerprint density at radius 1 is 0.667 bits per heavy atom. The highest BCUT2D eigenvalue weighted by Crippen LogP contribution is 2.35. The zero-order valence-electron chi connectivity index (χ0n) is 18.7. The van der Waals surface area contributed by atoms with Gasteiger partial charge in [0.25, 0.3) is 0 Å². The first-order valence-electron chi connectivity index (χ1n) is 10.7. The SMILES string of the molecule is Cc1ccc(C(=O)Oc2cccc3cccc(OC(=O)c4ccc(OC(C)C)cc4)c23)cc1. The molecule has 0 aliphatic heterocycles. The fraction of sp³-hybridized carbons (Fsp3) is 0.143. The summed E-state index contributed by atoms with van der Waals surface area (Å²) in [4.78, 5) is 25.5. The van der Waals surface area contributed by atoms with E-state index >= 15 is 0 Å². The Bertz CT molecular complexity index is 1280. The molecule has 0 saturated heterocycles. The van der Waals surface area contributed by atoms with Crippen LogP contribution in [0, 0.1) is 6.92 Å². The molecule has 0 N–H and O–H groups in total. The van der Waals surface area contributed by atoms with E-state index in [1.54, 1.807) is 60.7 Å². The number of aryl methyl sites for hydroxylation is 1. The third-order valence-corrected chi connectivity index (χ3v) is 4.98. The van der Waals surface area contributed by atoms with Gasteiger partial charge in [-0.05, 0) is 74.7 Å². The van der Waals surface area contributed by atoms with Gasteiger partial charge in [-0.1, -0.05) is 42.0 Å². The molecular formula is C28H24O5. The van der Waals surface area contributed by atoms with Crippen molar-refractivity contribution in [1.82, 2.24) is 0 Å². The van der Waals surface area contributed by atoms with E-state index in [4.69, 9.17) is 14.2 Å². The van der Waals surface area contributed by atoms with Gasteiger partial charge in [0.15, 0.2) is 0 Å². The van der Waals surface area contributed by atoms with Crippen molar-refractivity contribution in [2.45, 2.75) is 26.9 Å². The fourth-order valence-electron chi connectivity index (χ4n) is 3.39. The van der Waals surface area contributed by atoms with Crippen molar-refractivity contribution in [2.24, 2.45) is 0 Å². The van der Waals surface area contributed by atoms with Crippen molar-refractivity contribution in [3.05, 3.63) is 102 Å². The van der Waals surface area contributed by atoms with Crippen LogP contribution < -0.4 is 14.2 Å². The molecule has 0 bridgehead atoms. The minimum atomic E-state index is -0.515. The molecule has 0 heterocycles. The van der Waals surface area contributed by atoms with Crippen LogP contribution >= 0.6 is 0 Å². The average molecular weight is 440 g/mol. The third-order valence-electron chi connectivity index (χ3n) is 4.98. The predicted octanol–water partition coefficient (Wildman–Crippen LogP) is 6.37. The predicted molar refractivity (Wildman–Crippen MR) is 127 cm³/mol. The first-order chi connectivity index (χ1) is 15.9. The molecule has 0 aromatic heterocycles. The van der Waals surface area contributed by atoms with E-state index < -0.39 is 11.9 Å². The third kappa shape index (κ3) is 5.21. The molecule has 0 saturated carbocycles. The molecule has 166 valence electrons. The minimum Gasteiger partial charge on any atom is -0.491 e. The van der Waals surface area contributed by atoms with Crippen molar-refractivity contribution >= 4 is 22.7 Å². The molecule has 4 rings (SSSR count). The van der Waals surface area contributed by atoms with E-state index in [-0.39, 0.29) is 6.10 Å². The van der Waals surface area contributed by atoms with Crippen molar-refractivity contribution in [3.8, 4) is 17.2 Å². The summed E-state index contributed by atoms with van der Waals surface area (Å²) in [6.07, 6.45) is 0.0412. The van der Waals surface area contributed by atoms with Crippen LogP contribution in [0.4, 0.5) is 0 Å². The number of carbonyl (C=O) groups excluding carboxylic acids is 2. The van der Waals surface area contributed by atoms with Crippen molar-refractivity contribution in [2.75, 3.05) is 0 Å². The lowest BCUT2D eigenvalue weighted by molar-refractivity contribution is 0.0735. The van der Waals surface area contributed by atoms with Gasteiger partial charge in [-0.25, -0.2) is 9.59 Å². The summed E-state index contributed by atoms with van der Waals surface area (Å²) in [5.41, 5.74) is 1.88. The Labute approximate surface area is 192 Å². The quantitative estimate of drug-likeness (QED) is 0.257. The Balaban J connectivity index is 1.61. The number of esters is 2. The highest BCUT2D eigenvalue weighted by Gasteiger charge is 2.17. The van der Waals surface area contributed by atoms with Crippen LogP contribution in [0.25, 0.3) is 10.8 Å². The van der Waals surface area contributed by atoms with Gasteiger partial charge in [0.1, 0.15) is 17.2 Å². The monoisotopic (exact) mass is 440 g/mol. The first-order valence-corrected chi connectivity index (χ1v) is 10.7. The van der Waals surface area contributed by atoms with Crippen LogP contribution in [0.5, 0.6) is 17.2 Å². The second kappa shape index (κ2) is 9.57. The summed E-state index contributed by atoms with van der Waals surface area (Å²) in [7, 11) is 0. The normalized spacial score (nSPS) is 10.8. The highest BCUT2D eigenvalue weighted by molar-refractivity contribution is 6.00. The number of benzene rings is 4. The number of rotatable bonds is 6. The largest absolute Gasteiger partial charge is 0.491 e. The molecule has 0 spiro atoms. The maximum absolute atomic E-state index is 12.8. The topological polar surface area (TPSA) is 61.8 Å². The lowest BCUT2D eigenvalue weighted by Gasteiger charge is -2.13. The Morgan fingerprint density at radius 3 is 1.64 bits per heavy atom. The fourth-order valence-corrected chi connectivity index (χ4v) is 3.39. The van der Waals surface area contributed by atoms with Crippen LogP contribution in [0.15, 0.2) is 84.9 Å². The van der Waals surface area contributed by atoms with Crippen LogP contribution in [0.2, 0.25) is 0 Å². The van der Waals surface area contributed by atoms with E-state index in [1.807, 2.05) is 45.0 Å². The van der Waals surface area contributed by atoms with Gasteiger partial charge in [-0.15, -0.1) is 0 Å². The summed E-state index contributed by atoms with van der Waals surface area (Å²) >= 11 is 0. The summed E-state index contributed by atoms with van der Waals surface area (Å²) in [5.74, 6) is 0.314. The maximum Gasteiger partial charge on any atom is 0.343 e. The van der Waals surface area contributed by atoms with Gasteiger partial charge in [-0.2, -0.15) is 0 Å². The summed E-state index contributed by atoms with van der Waals surface area (Å²) in [6.45, 7) is 5.82. The standard InChI is InChI=1S/C28H24O5/c1-18(2)31-23-16-14-22(15-17-23)28(30)33-25-9-5-7-20-6-4-8-24(26(20)25)32-27(29)21-12-10-19(3)11-13-21/h4-18H,1-3H3. The van der Waals surface area contributed by atoms with Gasteiger partial charge in [0.2, 0.25) is 0 Å². The second-order valence-corrected chi connectivity index (χ2v) is 7.95. The van der Waals surface area contributed by atoms with Gasteiger partial charge in [0, 0.05) is 0 Å². The highest BCUT2D eigenvalue weighted by atomic mass is 16.5. The van der Waals surface area contributed by atoms with Crippen LogP contribution in [0.1, 0.15) is 40.1 Å². The zero-order valence-corrected chi connectivity index (χ0v) is 18.7.